The number of aromatic carboxylic acids is 1. The van der Waals surface area contributed by atoms with Crippen molar-refractivity contribution >= 4 is 45.3 Å². The highest BCUT2D eigenvalue weighted by molar-refractivity contribution is 9.10. The van der Waals surface area contributed by atoms with Gasteiger partial charge in [-0.25, -0.2) is 14.6 Å². The molecule has 0 saturated carbocycles. The molecule has 1 N–H and O–H groups in total. The molecule has 0 amide bonds. The molecule has 4 aromatic rings. The lowest BCUT2D eigenvalue weighted by Crippen LogP contribution is -2.40. The maximum absolute atomic E-state index is 14.1. The van der Waals surface area contributed by atoms with Crippen LogP contribution < -0.4 is 29.1 Å². The van der Waals surface area contributed by atoms with Gasteiger partial charge in [0.1, 0.15) is 12.4 Å². The molecule has 0 unspecified atom stereocenters. The number of ether oxygens (including phenoxy) is 4. The van der Waals surface area contributed by atoms with E-state index in [-0.39, 0.29) is 29.9 Å². The van der Waals surface area contributed by atoms with Gasteiger partial charge in [0, 0.05) is 10.0 Å². The Morgan fingerprint density at radius 3 is 2.40 bits per heavy atom. The van der Waals surface area contributed by atoms with E-state index in [1.165, 1.54) is 42.3 Å². The summed E-state index contributed by atoms with van der Waals surface area (Å²) in [6.45, 7) is 3.79. The highest BCUT2D eigenvalue weighted by atomic mass is 79.9. The van der Waals surface area contributed by atoms with Crippen LogP contribution in [0.25, 0.3) is 6.08 Å². The van der Waals surface area contributed by atoms with Crippen LogP contribution in [0.4, 0.5) is 0 Å². The summed E-state index contributed by atoms with van der Waals surface area (Å²) in [4.78, 5) is 43.7. The smallest absolute Gasteiger partial charge is 0.338 e. The van der Waals surface area contributed by atoms with Crippen LogP contribution in [0.5, 0.6) is 17.2 Å². The van der Waals surface area contributed by atoms with Gasteiger partial charge in [0.25, 0.3) is 5.56 Å². The molecular formula is C33H29BrN2O8S. The first-order valence-corrected chi connectivity index (χ1v) is 15.4. The summed E-state index contributed by atoms with van der Waals surface area (Å²) in [7, 11) is 3.04. The minimum absolute atomic E-state index is 0.153. The van der Waals surface area contributed by atoms with Gasteiger partial charge in [-0.2, -0.15) is 0 Å². The summed E-state index contributed by atoms with van der Waals surface area (Å²) in [5, 5.41) is 9.16. The van der Waals surface area contributed by atoms with Gasteiger partial charge < -0.3 is 24.1 Å². The van der Waals surface area contributed by atoms with Crippen molar-refractivity contribution in [1.82, 2.24) is 4.57 Å². The highest BCUT2D eigenvalue weighted by Gasteiger charge is 2.35. The molecule has 232 valence electrons. The Bertz CT molecular complexity index is 2000. The van der Waals surface area contributed by atoms with Crippen LogP contribution in [-0.2, 0) is 16.1 Å². The van der Waals surface area contributed by atoms with Crippen molar-refractivity contribution in [2.24, 2.45) is 4.99 Å². The number of benzene rings is 3. The Hall–Kier alpha value is -4.68. The number of esters is 1. The SMILES string of the molecule is CCOC(=O)C1=C(C)N=c2s/c(=C\c3ccccc3OCc3ccc(C(=O)O)cc3)c(=O)n2[C@@H]1c1cc(OC)c(OC)cc1Br. The number of allylic oxidation sites excluding steroid dienone is 1. The first-order chi connectivity index (χ1) is 21.7. The van der Waals surface area contributed by atoms with Gasteiger partial charge in [0.2, 0.25) is 0 Å². The number of carboxylic acid groups (broad SMARTS) is 1. The van der Waals surface area contributed by atoms with Crippen molar-refractivity contribution in [3.05, 3.63) is 118 Å². The Morgan fingerprint density at radius 2 is 1.73 bits per heavy atom. The zero-order chi connectivity index (χ0) is 32.2. The number of nitrogens with zero attached hydrogens (tertiary/aromatic N) is 2. The quantitative estimate of drug-likeness (QED) is 0.234. The number of thiazole rings is 1. The second kappa shape index (κ2) is 13.5. The summed E-state index contributed by atoms with van der Waals surface area (Å²) < 4.78 is 25.0. The maximum Gasteiger partial charge on any atom is 0.338 e. The monoisotopic (exact) mass is 692 g/mol. The largest absolute Gasteiger partial charge is 0.493 e. The van der Waals surface area contributed by atoms with Crippen LogP contribution in [0.15, 0.2) is 86.2 Å². The van der Waals surface area contributed by atoms with Crippen LogP contribution in [0.1, 0.15) is 46.9 Å². The van der Waals surface area contributed by atoms with Crippen LogP contribution in [0.2, 0.25) is 0 Å². The van der Waals surface area contributed by atoms with Gasteiger partial charge in [-0.15, -0.1) is 0 Å². The fourth-order valence-corrected chi connectivity index (χ4v) is 6.52. The Kier molecular flexibility index (Phi) is 9.54. The van der Waals surface area contributed by atoms with Gasteiger partial charge in [0.15, 0.2) is 16.3 Å². The van der Waals surface area contributed by atoms with Crippen molar-refractivity contribution in [3.63, 3.8) is 0 Å². The normalized spacial score (nSPS) is 14.4. The van der Waals surface area contributed by atoms with Crippen molar-refractivity contribution < 1.29 is 33.6 Å². The van der Waals surface area contributed by atoms with Gasteiger partial charge in [-0.05, 0) is 61.4 Å². The van der Waals surface area contributed by atoms with Crippen LogP contribution in [-0.4, -0.2) is 42.4 Å². The molecule has 1 aromatic heterocycles. The van der Waals surface area contributed by atoms with E-state index in [0.717, 1.165) is 5.56 Å². The van der Waals surface area contributed by atoms with E-state index in [4.69, 9.17) is 24.1 Å². The summed E-state index contributed by atoms with van der Waals surface area (Å²) in [5.74, 6) is -0.129. The van der Waals surface area contributed by atoms with Gasteiger partial charge in [0.05, 0.1) is 48.2 Å². The predicted molar refractivity (Wildman–Crippen MR) is 172 cm³/mol. The molecule has 3 aromatic carbocycles. The van der Waals surface area contributed by atoms with Crippen molar-refractivity contribution in [2.75, 3.05) is 20.8 Å². The topological polar surface area (TPSA) is 126 Å². The number of carbonyl (C=O) groups excluding carboxylic acids is 1. The molecule has 1 atom stereocenters. The van der Waals surface area contributed by atoms with Crippen LogP contribution >= 0.6 is 27.3 Å². The minimum Gasteiger partial charge on any atom is -0.493 e. The van der Waals surface area contributed by atoms with E-state index in [0.29, 0.717) is 47.9 Å². The number of rotatable bonds is 10. The fraction of sp³-hybridized carbons (Fsp3) is 0.212. The zero-order valence-electron chi connectivity index (χ0n) is 24.8. The minimum atomic E-state index is -1.00. The van der Waals surface area contributed by atoms with Crippen LogP contribution in [0, 0.1) is 0 Å². The van der Waals surface area contributed by atoms with Crippen molar-refractivity contribution in [1.29, 1.82) is 0 Å². The molecule has 12 heteroatoms. The van der Waals surface area contributed by atoms with E-state index in [1.54, 1.807) is 50.3 Å². The second-order valence-electron chi connectivity index (χ2n) is 9.86. The molecular weight excluding hydrogens is 664 g/mol. The molecule has 1 aliphatic heterocycles. The maximum atomic E-state index is 14.1. The lowest BCUT2D eigenvalue weighted by Gasteiger charge is -2.26. The number of halogens is 1. The van der Waals surface area contributed by atoms with Crippen molar-refractivity contribution in [3.8, 4) is 17.2 Å². The molecule has 1 aliphatic rings. The third-order valence-corrected chi connectivity index (χ3v) is 8.79. The number of aromatic nitrogens is 1. The molecule has 0 saturated heterocycles. The number of hydrogen-bond acceptors (Lipinski definition) is 9. The third kappa shape index (κ3) is 6.43. The molecule has 45 heavy (non-hydrogen) atoms. The molecule has 5 rings (SSSR count). The lowest BCUT2D eigenvalue weighted by molar-refractivity contribution is -0.139. The standard InChI is InChI=1S/C33H29BrN2O8S/c1-5-43-32(40)28-18(2)35-33-36(29(28)22-15-25(41-3)26(42-4)16-23(22)34)30(37)27(45-33)14-21-8-6-7-9-24(21)44-17-19-10-12-20(13-11-19)31(38)39/h6-16,29H,5,17H2,1-4H3,(H,38,39)/b27-14-/t29-/m1/s1. The predicted octanol–water partition coefficient (Wildman–Crippen LogP) is 4.86. The Morgan fingerprint density at radius 1 is 1.04 bits per heavy atom. The molecule has 0 spiro atoms. The molecule has 0 bridgehead atoms. The average molecular weight is 694 g/mol. The summed E-state index contributed by atoms with van der Waals surface area (Å²) >= 11 is 4.81. The van der Waals surface area contributed by atoms with Gasteiger partial charge >= 0.3 is 11.9 Å². The number of carboxylic acids is 1. The van der Waals surface area contributed by atoms with E-state index in [9.17, 15) is 14.4 Å². The molecule has 2 heterocycles. The van der Waals surface area contributed by atoms with Gasteiger partial charge in [-0.3, -0.25) is 9.36 Å². The first-order valence-electron chi connectivity index (χ1n) is 13.8. The number of fused-ring (bicyclic) bond motifs is 1. The first kappa shape index (κ1) is 31.7. The summed E-state index contributed by atoms with van der Waals surface area (Å²) in [6, 6.07) is 16.3. The van der Waals surface area contributed by atoms with E-state index in [2.05, 4.69) is 20.9 Å². The summed E-state index contributed by atoms with van der Waals surface area (Å²) in [5.41, 5.74) is 2.56. The number of para-hydroxylation sites is 1. The molecule has 0 radical (unpaired) electrons. The number of carbonyl (C=O) groups is 2. The fourth-order valence-electron chi connectivity index (χ4n) is 4.94. The number of methoxy groups -OCH3 is 2. The highest BCUT2D eigenvalue weighted by Crippen LogP contribution is 2.40. The van der Waals surface area contributed by atoms with Crippen molar-refractivity contribution in [2.45, 2.75) is 26.5 Å². The average Bonchev–Trinajstić information content (AvgIpc) is 3.33. The van der Waals surface area contributed by atoms with Crippen LogP contribution in [0.3, 0.4) is 0 Å². The zero-order valence-corrected chi connectivity index (χ0v) is 27.2. The van der Waals surface area contributed by atoms with E-state index >= 15 is 0 Å². The Labute approximate surface area is 270 Å². The van der Waals surface area contributed by atoms with E-state index in [1.807, 2.05) is 18.2 Å². The molecule has 0 fully saturated rings. The molecule has 0 aliphatic carbocycles. The van der Waals surface area contributed by atoms with Gasteiger partial charge in [-0.1, -0.05) is 57.6 Å². The Balaban J connectivity index is 1.61. The summed E-state index contributed by atoms with van der Waals surface area (Å²) in [6.07, 6.45) is 1.73. The van der Waals surface area contributed by atoms with E-state index < -0.39 is 18.0 Å². The molecule has 10 nitrogen and oxygen atoms in total. The number of hydrogen-bond donors (Lipinski definition) is 1. The third-order valence-electron chi connectivity index (χ3n) is 7.12. The second-order valence-corrected chi connectivity index (χ2v) is 11.7. The lowest BCUT2D eigenvalue weighted by atomic mass is 9.95.